The third kappa shape index (κ3) is 1.68. The molecular formula is C18H16O2. The molecule has 1 aliphatic carbocycles. The number of hydrogen-bond acceptors (Lipinski definition) is 2. The van der Waals surface area contributed by atoms with Gasteiger partial charge in [0.25, 0.3) is 0 Å². The second-order valence-electron chi connectivity index (χ2n) is 5.62. The maximum Gasteiger partial charge on any atom is 0.136 e. The van der Waals surface area contributed by atoms with Crippen LogP contribution in [0.4, 0.5) is 0 Å². The highest BCUT2D eigenvalue weighted by Crippen LogP contribution is 2.50. The van der Waals surface area contributed by atoms with Gasteiger partial charge in [0, 0.05) is 29.4 Å². The van der Waals surface area contributed by atoms with E-state index in [1.54, 1.807) is 0 Å². The minimum Gasteiger partial charge on any atom is -0.457 e. The van der Waals surface area contributed by atoms with Gasteiger partial charge in [-0.1, -0.05) is 36.4 Å². The quantitative estimate of drug-likeness (QED) is 0.768. The Kier molecular flexibility index (Phi) is 2.62. The lowest BCUT2D eigenvalue weighted by Gasteiger charge is -2.31. The standard InChI is InChI=1S/C18H16O2/c19-15-9-5-8-12(15)18-13-6-1-3-10-16(13)20-17-11-4-2-7-14(17)18/h1-4,6-7,10-12,18H,5,8-9H2. The van der Waals surface area contributed by atoms with Crippen LogP contribution in [0.5, 0.6) is 11.5 Å². The summed E-state index contributed by atoms with van der Waals surface area (Å²) in [5, 5.41) is 0. The van der Waals surface area contributed by atoms with Gasteiger partial charge in [-0.2, -0.15) is 0 Å². The second kappa shape index (κ2) is 4.48. The lowest BCUT2D eigenvalue weighted by Crippen LogP contribution is -2.21. The Hall–Kier alpha value is -2.09. The van der Waals surface area contributed by atoms with Gasteiger partial charge in [-0.05, 0) is 25.0 Å². The fourth-order valence-electron chi connectivity index (χ4n) is 3.58. The molecule has 0 N–H and O–H groups in total. The Bertz CT molecular complexity index is 629. The van der Waals surface area contributed by atoms with Crippen molar-refractivity contribution in [2.24, 2.45) is 5.92 Å². The maximum absolute atomic E-state index is 12.3. The van der Waals surface area contributed by atoms with E-state index in [1.807, 2.05) is 36.4 Å². The highest BCUT2D eigenvalue weighted by molar-refractivity contribution is 5.85. The minimum absolute atomic E-state index is 0.112. The van der Waals surface area contributed by atoms with Crippen molar-refractivity contribution in [3.63, 3.8) is 0 Å². The number of carbonyl (C=O) groups excluding carboxylic acids is 1. The third-order valence-corrected chi connectivity index (χ3v) is 4.48. The summed E-state index contributed by atoms with van der Waals surface area (Å²) in [6.45, 7) is 0. The molecule has 0 radical (unpaired) electrons. The molecule has 2 aromatic rings. The summed E-state index contributed by atoms with van der Waals surface area (Å²) in [7, 11) is 0. The topological polar surface area (TPSA) is 26.3 Å². The summed E-state index contributed by atoms with van der Waals surface area (Å²) in [5.41, 5.74) is 2.32. The van der Waals surface area contributed by atoms with Crippen molar-refractivity contribution >= 4 is 5.78 Å². The molecule has 1 heterocycles. The monoisotopic (exact) mass is 264 g/mol. The van der Waals surface area contributed by atoms with Crippen LogP contribution in [0.3, 0.4) is 0 Å². The van der Waals surface area contributed by atoms with E-state index in [0.717, 1.165) is 41.9 Å². The van der Waals surface area contributed by atoms with E-state index < -0.39 is 0 Å². The molecule has 0 bridgehead atoms. The zero-order valence-electron chi connectivity index (χ0n) is 11.2. The largest absolute Gasteiger partial charge is 0.457 e. The summed E-state index contributed by atoms with van der Waals surface area (Å²) < 4.78 is 5.99. The van der Waals surface area contributed by atoms with Crippen molar-refractivity contribution < 1.29 is 9.53 Å². The van der Waals surface area contributed by atoms with Crippen LogP contribution >= 0.6 is 0 Å². The molecule has 2 nitrogen and oxygen atoms in total. The maximum atomic E-state index is 12.3. The van der Waals surface area contributed by atoms with Gasteiger partial charge in [0.05, 0.1) is 0 Å². The molecule has 0 saturated heterocycles. The van der Waals surface area contributed by atoms with Crippen molar-refractivity contribution in [1.29, 1.82) is 0 Å². The fourth-order valence-corrected chi connectivity index (χ4v) is 3.58. The molecule has 0 aromatic heterocycles. The van der Waals surface area contributed by atoms with Crippen LogP contribution in [-0.2, 0) is 4.79 Å². The van der Waals surface area contributed by atoms with Crippen molar-refractivity contribution in [3.8, 4) is 11.5 Å². The fraction of sp³-hybridized carbons (Fsp3) is 0.278. The number of ether oxygens (including phenoxy) is 1. The van der Waals surface area contributed by atoms with Crippen molar-refractivity contribution in [3.05, 3.63) is 59.7 Å². The van der Waals surface area contributed by atoms with Gasteiger partial charge in [-0.15, -0.1) is 0 Å². The van der Waals surface area contributed by atoms with Gasteiger partial charge >= 0.3 is 0 Å². The van der Waals surface area contributed by atoms with Crippen LogP contribution in [0.1, 0.15) is 36.3 Å². The summed E-state index contributed by atoms with van der Waals surface area (Å²) >= 11 is 0. The van der Waals surface area contributed by atoms with Gasteiger partial charge in [0.2, 0.25) is 0 Å². The van der Waals surface area contributed by atoms with E-state index in [0.29, 0.717) is 5.78 Å². The van der Waals surface area contributed by atoms with Crippen LogP contribution in [0.2, 0.25) is 0 Å². The number of ketones is 1. The van der Waals surface area contributed by atoms with Crippen molar-refractivity contribution in [1.82, 2.24) is 0 Å². The molecule has 2 aliphatic rings. The van der Waals surface area contributed by atoms with Gasteiger partial charge in [0.1, 0.15) is 17.3 Å². The Morgan fingerprint density at radius 3 is 2.05 bits per heavy atom. The molecule has 1 fully saturated rings. The first kappa shape index (κ1) is 11.7. The molecule has 1 atom stereocenters. The number of carbonyl (C=O) groups is 1. The lowest BCUT2D eigenvalue weighted by molar-refractivity contribution is -0.121. The highest BCUT2D eigenvalue weighted by atomic mass is 16.5. The Morgan fingerprint density at radius 2 is 1.50 bits per heavy atom. The second-order valence-corrected chi connectivity index (χ2v) is 5.62. The van der Waals surface area contributed by atoms with Crippen LogP contribution in [-0.4, -0.2) is 5.78 Å². The van der Waals surface area contributed by atoms with E-state index >= 15 is 0 Å². The summed E-state index contributed by atoms with van der Waals surface area (Å²) in [6.07, 6.45) is 2.74. The number of Topliss-reactive ketones (excluding diaryl/α,β-unsaturated/α-hetero) is 1. The molecule has 4 rings (SSSR count). The van der Waals surface area contributed by atoms with E-state index in [9.17, 15) is 4.79 Å². The molecule has 1 unspecified atom stereocenters. The van der Waals surface area contributed by atoms with Crippen LogP contribution < -0.4 is 4.74 Å². The molecule has 2 aromatic carbocycles. The van der Waals surface area contributed by atoms with Gasteiger partial charge in [-0.3, -0.25) is 4.79 Å². The van der Waals surface area contributed by atoms with E-state index in [2.05, 4.69) is 12.1 Å². The Balaban J connectivity index is 1.90. The van der Waals surface area contributed by atoms with Crippen molar-refractivity contribution in [2.45, 2.75) is 25.2 Å². The average molecular weight is 264 g/mol. The number of fused-ring (bicyclic) bond motifs is 2. The number of hydrogen-bond donors (Lipinski definition) is 0. The molecule has 2 heteroatoms. The Morgan fingerprint density at radius 1 is 0.900 bits per heavy atom. The predicted octanol–water partition coefficient (Wildman–Crippen LogP) is 4.29. The normalized spacial score (nSPS) is 21.2. The molecule has 0 amide bonds. The number of benzene rings is 2. The van der Waals surface area contributed by atoms with Crippen LogP contribution in [0.25, 0.3) is 0 Å². The number of para-hydroxylation sites is 2. The first-order valence-corrected chi connectivity index (χ1v) is 7.23. The number of rotatable bonds is 1. The summed E-state index contributed by atoms with van der Waals surface area (Å²) in [4.78, 5) is 12.3. The predicted molar refractivity (Wildman–Crippen MR) is 77.1 cm³/mol. The molecule has 20 heavy (non-hydrogen) atoms. The minimum atomic E-state index is 0.112. The van der Waals surface area contributed by atoms with Gasteiger partial charge in [-0.25, -0.2) is 0 Å². The third-order valence-electron chi connectivity index (χ3n) is 4.48. The average Bonchev–Trinajstić information content (AvgIpc) is 2.90. The van der Waals surface area contributed by atoms with E-state index in [-0.39, 0.29) is 11.8 Å². The van der Waals surface area contributed by atoms with Crippen LogP contribution in [0, 0.1) is 5.92 Å². The molecular weight excluding hydrogens is 248 g/mol. The first-order chi connectivity index (χ1) is 9.84. The zero-order chi connectivity index (χ0) is 13.5. The molecule has 100 valence electrons. The van der Waals surface area contributed by atoms with E-state index in [1.165, 1.54) is 0 Å². The SMILES string of the molecule is O=C1CCCC1C1c2ccccc2Oc2ccccc21. The summed E-state index contributed by atoms with van der Waals surface area (Å²) in [6, 6.07) is 16.2. The molecule has 0 spiro atoms. The van der Waals surface area contributed by atoms with Gasteiger partial charge < -0.3 is 4.74 Å². The lowest BCUT2D eigenvalue weighted by atomic mass is 9.77. The smallest absolute Gasteiger partial charge is 0.136 e. The zero-order valence-corrected chi connectivity index (χ0v) is 11.2. The van der Waals surface area contributed by atoms with Crippen LogP contribution in [0.15, 0.2) is 48.5 Å². The van der Waals surface area contributed by atoms with Crippen molar-refractivity contribution in [2.75, 3.05) is 0 Å². The van der Waals surface area contributed by atoms with Gasteiger partial charge in [0.15, 0.2) is 0 Å². The Labute approximate surface area is 118 Å². The molecule has 1 aliphatic heterocycles. The first-order valence-electron chi connectivity index (χ1n) is 7.23. The molecule has 1 saturated carbocycles. The highest BCUT2D eigenvalue weighted by Gasteiger charge is 2.38. The summed E-state index contributed by atoms with van der Waals surface area (Å²) in [5.74, 6) is 2.47. The van der Waals surface area contributed by atoms with E-state index in [4.69, 9.17) is 4.74 Å².